The molecule has 0 N–H and O–H groups in total. The molecular weight excluding hydrogens is 331 g/mol. The number of fused-ring (bicyclic) bond motifs is 1. The molecule has 19 heavy (non-hydrogen) atoms. The second-order valence-electron chi connectivity index (χ2n) is 5.15. The van der Waals surface area contributed by atoms with Crippen LogP contribution in [0.5, 0.6) is 0 Å². The average Bonchev–Trinajstić information content (AvgIpc) is 2.66. The van der Waals surface area contributed by atoms with E-state index in [-0.39, 0.29) is 5.82 Å². The third-order valence-electron chi connectivity index (χ3n) is 3.97. The molecule has 2 nitrogen and oxygen atoms in total. The topological polar surface area (TPSA) is 17.8 Å². The largest absolute Gasteiger partial charge is 0.327 e. The molecule has 1 aliphatic rings. The molecule has 1 saturated carbocycles. The second kappa shape index (κ2) is 5.41. The summed E-state index contributed by atoms with van der Waals surface area (Å²) in [5.74, 6) is 1.76. The molecule has 0 saturated heterocycles. The van der Waals surface area contributed by atoms with Gasteiger partial charge in [-0.05, 0) is 34.3 Å². The van der Waals surface area contributed by atoms with Gasteiger partial charge in [0.25, 0.3) is 0 Å². The molecule has 1 fully saturated rings. The molecule has 1 aromatic heterocycles. The van der Waals surface area contributed by atoms with Crippen LogP contribution in [-0.2, 0) is 12.4 Å². The second-order valence-corrected chi connectivity index (χ2v) is 6.28. The van der Waals surface area contributed by atoms with Crippen molar-refractivity contribution in [1.29, 1.82) is 0 Å². The van der Waals surface area contributed by atoms with Gasteiger partial charge in [0.2, 0.25) is 0 Å². The Bertz CT molecular complexity index is 607. The van der Waals surface area contributed by atoms with E-state index in [1.165, 1.54) is 19.3 Å². The van der Waals surface area contributed by atoms with Crippen molar-refractivity contribution < 1.29 is 4.39 Å². The molecule has 0 atom stereocenters. The van der Waals surface area contributed by atoms with Gasteiger partial charge in [-0.3, -0.25) is 0 Å². The number of alkyl halides is 1. The van der Waals surface area contributed by atoms with Crippen LogP contribution in [0.1, 0.15) is 31.5 Å². The highest BCUT2D eigenvalue weighted by Crippen LogP contribution is 2.31. The number of hydrogen-bond acceptors (Lipinski definition) is 1. The van der Waals surface area contributed by atoms with Crippen LogP contribution in [0, 0.1) is 11.7 Å². The molecule has 0 radical (unpaired) electrons. The van der Waals surface area contributed by atoms with Crippen molar-refractivity contribution in [1.82, 2.24) is 9.55 Å². The Labute approximate surface area is 125 Å². The lowest BCUT2D eigenvalue weighted by Crippen LogP contribution is -2.14. The number of imidazole rings is 1. The predicted molar refractivity (Wildman–Crippen MR) is 78.9 cm³/mol. The maximum Gasteiger partial charge on any atom is 0.139 e. The van der Waals surface area contributed by atoms with E-state index in [2.05, 4.69) is 25.5 Å². The minimum atomic E-state index is -0.251. The number of rotatable bonds is 4. The fraction of sp³-hybridized carbons (Fsp3) is 0.500. The van der Waals surface area contributed by atoms with Crippen LogP contribution in [0.15, 0.2) is 16.6 Å². The van der Waals surface area contributed by atoms with Crippen molar-refractivity contribution in [2.24, 2.45) is 5.92 Å². The first kappa shape index (κ1) is 13.4. The van der Waals surface area contributed by atoms with Crippen molar-refractivity contribution in [2.45, 2.75) is 38.1 Å². The summed E-state index contributed by atoms with van der Waals surface area (Å²) in [5.41, 5.74) is 1.65. The van der Waals surface area contributed by atoms with Crippen LogP contribution in [0.2, 0.25) is 0 Å². The first-order valence-corrected chi connectivity index (χ1v) is 7.92. The maximum atomic E-state index is 13.7. The zero-order chi connectivity index (χ0) is 13.4. The standard InChI is InChI=1S/C14H15BrClFN2/c15-10-6-12-13(7-11(10)17)19(14(8-16)18-12)5-4-9-2-1-3-9/h6-7,9H,1-5,8H2. The van der Waals surface area contributed by atoms with Gasteiger partial charge < -0.3 is 4.57 Å². The number of hydrogen-bond donors (Lipinski definition) is 0. The normalized spacial score (nSPS) is 15.9. The van der Waals surface area contributed by atoms with E-state index in [0.29, 0.717) is 10.4 Å². The number of halogens is 3. The van der Waals surface area contributed by atoms with Crippen LogP contribution in [0.3, 0.4) is 0 Å². The third kappa shape index (κ3) is 2.52. The highest BCUT2D eigenvalue weighted by Gasteiger charge is 2.19. The highest BCUT2D eigenvalue weighted by atomic mass is 79.9. The van der Waals surface area contributed by atoms with Crippen LogP contribution in [0.4, 0.5) is 4.39 Å². The molecule has 0 amide bonds. The van der Waals surface area contributed by atoms with Gasteiger partial charge in [-0.15, -0.1) is 11.6 Å². The number of benzene rings is 1. The Morgan fingerprint density at radius 3 is 2.84 bits per heavy atom. The summed E-state index contributed by atoms with van der Waals surface area (Å²) in [4.78, 5) is 4.49. The van der Waals surface area contributed by atoms with E-state index in [1.807, 2.05) is 0 Å². The molecule has 0 bridgehead atoms. The quantitative estimate of drug-likeness (QED) is 0.723. The fourth-order valence-corrected chi connectivity index (χ4v) is 3.15. The molecule has 1 aliphatic carbocycles. The Kier molecular flexibility index (Phi) is 3.81. The monoisotopic (exact) mass is 344 g/mol. The average molecular weight is 346 g/mol. The lowest BCUT2D eigenvalue weighted by Gasteiger charge is -2.25. The van der Waals surface area contributed by atoms with E-state index in [0.717, 1.165) is 35.7 Å². The van der Waals surface area contributed by atoms with Gasteiger partial charge in [-0.1, -0.05) is 19.3 Å². The van der Waals surface area contributed by atoms with Gasteiger partial charge >= 0.3 is 0 Å². The summed E-state index contributed by atoms with van der Waals surface area (Å²) >= 11 is 9.15. The van der Waals surface area contributed by atoms with Crippen molar-refractivity contribution in [3.05, 3.63) is 28.2 Å². The maximum absolute atomic E-state index is 13.7. The first-order chi connectivity index (χ1) is 9.19. The summed E-state index contributed by atoms with van der Waals surface area (Å²) in [6.45, 7) is 0.879. The smallest absolute Gasteiger partial charge is 0.139 e. The van der Waals surface area contributed by atoms with Crippen LogP contribution in [-0.4, -0.2) is 9.55 Å². The van der Waals surface area contributed by atoms with Gasteiger partial charge in [0.15, 0.2) is 0 Å². The molecular formula is C14H15BrClFN2. The minimum Gasteiger partial charge on any atom is -0.327 e. The number of aryl methyl sites for hydroxylation is 1. The molecule has 0 spiro atoms. The third-order valence-corrected chi connectivity index (χ3v) is 4.82. The van der Waals surface area contributed by atoms with E-state index in [4.69, 9.17) is 11.6 Å². The van der Waals surface area contributed by atoms with Gasteiger partial charge in [0, 0.05) is 12.6 Å². The lowest BCUT2D eigenvalue weighted by atomic mass is 9.83. The molecule has 0 aliphatic heterocycles. The van der Waals surface area contributed by atoms with Gasteiger partial charge in [-0.25, -0.2) is 9.37 Å². The zero-order valence-corrected chi connectivity index (χ0v) is 12.8. The van der Waals surface area contributed by atoms with Crippen LogP contribution >= 0.6 is 27.5 Å². The van der Waals surface area contributed by atoms with Gasteiger partial charge in [-0.2, -0.15) is 0 Å². The van der Waals surface area contributed by atoms with Crippen molar-refractivity contribution in [2.75, 3.05) is 0 Å². The molecule has 1 heterocycles. The van der Waals surface area contributed by atoms with E-state index < -0.39 is 0 Å². The Balaban J connectivity index is 1.96. The molecule has 102 valence electrons. The van der Waals surface area contributed by atoms with Gasteiger partial charge in [0.05, 0.1) is 21.4 Å². The Morgan fingerprint density at radius 1 is 1.42 bits per heavy atom. The summed E-state index contributed by atoms with van der Waals surface area (Å²) in [6.07, 6.45) is 5.12. The molecule has 1 aromatic carbocycles. The van der Waals surface area contributed by atoms with E-state index in [1.54, 1.807) is 12.1 Å². The first-order valence-electron chi connectivity index (χ1n) is 6.59. The minimum absolute atomic E-state index is 0.251. The fourth-order valence-electron chi connectivity index (χ4n) is 2.61. The van der Waals surface area contributed by atoms with Gasteiger partial charge in [0.1, 0.15) is 11.6 Å². The van der Waals surface area contributed by atoms with E-state index in [9.17, 15) is 4.39 Å². The van der Waals surface area contributed by atoms with Crippen molar-refractivity contribution in [3.8, 4) is 0 Å². The number of nitrogens with zero attached hydrogens (tertiary/aromatic N) is 2. The summed E-state index contributed by atoms with van der Waals surface area (Å²) < 4.78 is 16.2. The molecule has 2 aromatic rings. The highest BCUT2D eigenvalue weighted by molar-refractivity contribution is 9.10. The summed E-state index contributed by atoms with van der Waals surface area (Å²) in [7, 11) is 0. The Morgan fingerprint density at radius 2 is 2.21 bits per heavy atom. The Hall–Kier alpha value is -0.610. The zero-order valence-electron chi connectivity index (χ0n) is 10.5. The SMILES string of the molecule is Fc1cc2c(cc1Br)nc(CCl)n2CCC1CCC1. The van der Waals surface area contributed by atoms with Crippen LogP contribution in [0.25, 0.3) is 11.0 Å². The summed E-state index contributed by atoms with van der Waals surface area (Å²) in [6, 6.07) is 3.27. The number of aromatic nitrogens is 2. The molecule has 3 rings (SSSR count). The van der Waals surface area contributed by atoms with Crippen LogP contribution < -0.4 is 0 Å². The van der Waals surface area contributed by atoms with Crippen molar-refractivity contribution >= 4 is 38.6 Å². The lowest BCUT2D eigenvalue weighted by molar-refractivity contribution is 0.282. The van der Waals surface area contributed by atoms with Crippen molar-refractivity contribution in [3.63, 3.8) is 0 Å². The molecule has 5 heteroatoms. The summed E-state index contributed by atoms with van der Waals surface area (Å²) in [5, 5.41) is 0. The van der Waals surface area contributed by atoms with E-state index >= 15 is 0 Å². The predicted octanol–water partition coefficient (Wildman–Crippen LogP) is 4.87. The molecule has 0 unspecified atom stereocenters.